The van der Waals surface area contributed by atoms with E-state index in [1.807, 2.05) is 20.8 Å². The average molecular weight is 313 g/mol. The molecule has 0 aliphatic carbocycles. The predicted octanol–water partition coefficient (Wildman–Crippen LogP) is 2.48. The standard InChI is InChI=1S/C17H19N3O3/c1-9(2)12-4-13(16(22)5-15(12)21)17(23)20-7-11-6-18-10(3)19-14(11)8-20/h4-6,9,21-22H,7-8H2,1-3H3. The molecule has 2 aromatic rings. The van der Waals surface area contributed by atoms with Crippen LogP contribution >= 0.6 is 0 Å². The van der Waals surface area contributed by atoms with Crippen molar-refractivity contribution in [2.75, 3.05) is 0 Å². The van der Waals surface area contributed by atoms with E-state index in [0.29, 0.717) is 24.5 Å². The summed E-state index contributed by atoms with van der Waals surface area (Å²) in [6, 6.07) is 2.80. The molecule has 1 aliphatic rings. The van der Waals surface area contributed by atoms with Crippen LogP contribution in [0.25, 0.3) is 0 Å². The number of amides is 1. The summed E-state index contributed by atoms with van der Waals surface area (Å²) in [5.74, 6) is 0.231. The lowest BCUT2D eigenvalue weighted by Crippen LogP contribution is -2.25. The van der Waals surface area contributed by atoms with Crippen LogP contribution in [0.5, 0.6) is 11.5 Å². The first-order valence-corrected chi connectivity index (χ1v) is 7.53. The van der Waals surface area contributed by atoms with Gasteiger partial charge in [-0.1, -0.05) is 13.8 Å². The van der Waals surface area contributed by atoms with Gasteiger partial charge in [0.2, 0.25) is 0 Å². The summed E-state index contributed by atoms with van der Waals surface area (Å²) in [5, 5.41) is 20.0. The molecule has 23 heavy (non-hydrogen) atoms. The molecule has 0 saturated heterocycles. The van der Waals surface area contributed by atoms with Crippen LogP contribution in [-0.4, -0.2) is 31.0 Å². The van der Waals surface area contributed by atoms with Crippen molar-refractivity contribution in [1.82, 2.24) is 14.9 Å². The molecule has 0 atom stereocenters. The van der Waals surface area contributed by atoms with Gasteiger partial charge in [0, 0.05) is 24.4 Å². The summed E-state index contributed by atoms with van der Waals surface area (Å²) in [6.07, 6.45) is 1.74. The normalized spacial score (nSPS) is 13.5. The van der Waals surface area contributed by atoms with Crippen molar-refractivity contribution in [3.8, 4) is 11.5 Å². The number of phenolic OH excluding ortho intramolecular Hbond substituents is 2. The Morgan fingerprint density at radius 3 is 2.65 bits per heavy atom. The van der Waals surface area contributed by atoms with Crippen LogP contribution in [0.3, 0.4) is 0 Å². The molecular formula is C17H19N3O3. The molecule has 1 aliphatic heterocycles. The van der Waals surface area contributed by atoms with E-state index in [9.17, 15) is 15.0 Å². The fourth-order valence-corrected chi connectivity index (χ4v) is 2.79. The number of carbonyl (C=O) groups excluding carboxylic acids is 1. The van der Waals surface area contributed by atoms with Gasteiger partial charge in [0.25, 0.3) is 5.91 Å². The largest absolute Gasteiger partial charge is 0.508 e. The number of hydrogen-bond acceptors (Lipinski definition) is 5. The third kappa shape index (κ3) is 2.72. The highest BCUT2D eigenvalue weighted by molar-refractivity contribution is 5.97. The molecule has 0 unspecified atom stereocenters. The molecule has 0 saturated carbocycles. The minimum Gasteiger partial charge on any atom is -0.508 e. The number of benzene rings is 1. The lowest BCUT2D eigenvalue weighted by atomic mass is 9.98. The summed E-state index contributed by atoms with van der Waals surface area (Å²) < 4.78 is 0. The van der Waals surface area contributed by atoms with Gasteiger partial charge in [0.1, 0.15) is 17.3 Å². The summed E-state index contributed by atoms with van der Waals surface area (Å²) in [4.78, 5) is 22.9. The van der Waals surface area contributed by atoms with Gasteiger partial charge in [-0.15, -0.1) is 0 Å². The SMILES string of the molecule is Cc1ncc2c(n1)CN(C(=O)c1cc(C(C)C)c(O)cc1O)C2. The van der Waals surface area contributed by atoms with Crippen molar-refractivity contribution >= 4 is 5.91 Å². The molecule has 1 aromatic heterocycles. The molecule has 6 heteroatoms. The number of aryl methyl sites for hydroxylation is 1. The molecule has 2 heterocycles. The zero-order valence-corrected chi connectivity index (χ0v) is 13.4. The molecule has 0 spiro atoms. The maximum absolute atomic E-state index is 12.7. The van der Waals surface area contributed by atoms with Crippen LogP contribution in [0.2, 0.25) is 0 Å². The van der Waals surface area contributed by atoms with Gasteiger partial charge in [-0.2, -0.15) is 0 Å². The molecule has 1 amide bonds. The zero-order chi connectivity index (χ0) is 16.7. The van der Waals surface area contributed by atoms with Crippen molar-refractivity contribution in [3.05, 3.63) is 46.5 Å². The molecule has 0 radical (unpaired) electrons. The van der Waals surface area contributed by atoms with Crippen molar-refractivity contribution < 1.29 is 15.0 Å². The second-order valence-corrected chi connectivity index (χ2v) is 6.13. The number of fused-ring (bicyclic) bond motifs is 1. The Morgan fingerprint density at radius 1 is 1.22 bits per heavy atom. The number of hydrogen-bond donors (Lipinski definition) is 2. The Morgan fingerprint density at radius 2 is 1.96 bits per heavy atom. The highest BCUT2D eigenvalue weighted by atomic mass is 16.3. The molecule has 0 bridgehead atoms. The Kier molecular flexibility index (Phi) is 3.67. The van der Waals surface area contributed by atoms with E-state index in [-0.39, 0.29) is 28.9 Å². The molecule has 0 fully saturated rings. The number of carbonyl (C=O) groups is 1. The van der Waals surface area contributed by atoms with E-state index in [4.69, 9.17) is 0 Å². The second-order valence-electron chi connectivity index (χ2n) is 6.13. The van der Waals surface area contributed by atoms with Gasteiger partial charge in [-0.05, 0) is 24.5 Å². The highest BCUT2D eigenvalue weighted by Crippen LogP contribution is 2.34. The summed E-state index contributed by atoms with van der Waals surface area (Å²) in [6.45, 7) is 6.47. The van der Waals surface area contributed by atoms with Crippen LogP contribution < -0.4 is 0 Å². The average Bonchev–Trinajstić information content (AvgIpc) is 2.89. The van der Waals surface area contributed by atoms with Crippen LogP contribution in [0.1, 0.15) is 52.8 Å². The van der Waals surface area contributed by atoms with E-state index in [2.05, 4.69) is 9.97 Å². The van der Waals surface area contributed by atoms with Crippen LogP contribution in [0.4, 0.5) is 0 Å². The maximum atomic E-state index is 12.7. The highest BCUT2D eigenvalue weighted by Gasteiger charge is 2.28. The molecular weight excluding hydrogens is 294 g/mol. The number of rotatable bonds is 2. The molecule has 6 nitrogen and oxygen atoms in total. The quantitative estimate of drug-likeness (QED) is 0.889. The Balaban J connectivity index is 1.92. The fourth-order valence-electron chi connectivity index (χ4n) is 2.79. The van der Waals surface area contributed by atoms with Crippen LogP contribution in [0.15, 0.2) is 18.3 Å². The lowest BCUT2D eigenvalue weighted by Gasteiger charge is -2.18. The van der Waals surface area contributed by atoms with Gasteiger partial charge in [0.15, 0.2) is 0 Å². The van der Waals surface area contributed by atoms with Crippen LogP contribution in [-0.2, 0) is 13.1 Å². The Hall–Kier alpha value is -2.63. The number of nitrogens with zero attached hydrogens (tertiary/aromatic N) is 3. The topological polar surface area (TPSA) is 86.6 Å². The first-order valence-electron chi connectivity index (χ1n) is 7.53. The lowest BCUT2D eigenvalue weighted by molar-refractivity contribution is 0.0747. The van der Waals surface area contributed by atoms with Crippen molar-refractivity contribution in [1.29, 1.82) is 0 Å². The summed E-state index contributed by atoms with van der Waals surface area (Å²) >= 11 is 0. The van der Waals surface area contributed by atoms with Gasteiger partial charge in [-0.3, -0.25) is 4.79 Å². The van der Waals surface area contributed by atoms with E-state index in [0.717, 1.165) is 11.3 Å². The maximum Gasteiger partial charge on any atom is 0.258 e. The first-order chi connectivity index (χ1) is 10.9. The smallest absolute Gasteiger partial charge is 0.258 e. The fraction of sp³-hybridized carbons (Fsp3) is 0.353. The third-order valence-electron chi connectivity index (χ3n) is 4.06. The molecule has 2 N–H and O–H groups in total. The molecule has 1 aromatic carbocycles. The van der Waals surface area contributed by atoms with E-state index in [1.165, 1.54) is 6.07 Å². The van der Waals surface area contributed by atoms with Gasteiger partial charge in [0.05, 0.1) is 17.8 Å². The van der Waals surface area contributed by atoms with Gasteiger partial charge in [-0.25, -0.2) is 9.97 Å². The minimum absolute atomic E-state index is 0.000231. The van der Waals surface area contributed by atoms with E-state index < -0.39 is 0 Å². The number of aromatic nitrogens is 2. The van der Waals surface area contributed by atoms with Gasteiger partial charge < -0.3 is 15.1 Å². The minimum atomic E-state index is -0.278. The van der Waals surface area contributed by atoms with Gasteiger partial charge >= 0.3 is 0 Å². The predicted molar refractivity (Wildman–Crippen MR) is 84.2 cm³/mol. The number of phenols is 2. The van der Waals surface area contributed by atoms with Crippen molar-refractivity contribution in [2.24, 2.45) is 0 Å². The molecule has 3 rings (SSSR count). The van der Waals surface area contributed by atoms with E-state index >= 15 is 0 Å². The Labute approximate surface area is 134 Å². The zero-order valence-electron chi connectivity index (χ0n) is 13.4. The second kappa shape index (κ2) is 5.53. The third-order valence-corrected chi connectivity index (χ3v) is 4.06. The van der Waals surface area contributed by atoms with Crippen LogP contribution in [0, 0.1) is 6.92 Å². The monoisotopic (exact) mass is 313 g/mol. The number of aromatic hydroxyl groups is 2. The summed E-state index contributed by atoms with van der Waals surface area (Å²) in [5.41, 5.74) is 2.60. The molecule has 120 valence electrons. The Bertz CT molecular complexity index is 787. The summed E-state index contributed by atoms with van der Waals surface area (Å²) in [7, 11) is 0. The first kappa shape index (κ1) is 15.3. The van der Waals surface area contributed by atoms with Crippen molar-refractivity contribution in [3.63, 3.8) is 0 Å². The van der Waals surface area contributed by atoms with Crippen molar-refractivity contribution in [2.45, 2.75) is 39.8 Å². The van der Waals surface area contributed by atoms with E-state index in [1.54, 1.807) is 17.2 Å².